The lowest BCUT2D eigenvalue weighted by atomic mass is 10.1. The van der Waals surface area contributed by atoms with Crippen LogP contribution < -0.4 is 5.73 Å². The fraction of sp³-hybridized carbons (Fsp3) is 0.250. The number of aryl methyl sites for hydroxylation is 1. The van der Waals surface area contributed by atoms with Crippen LogP contribution >= 0.6 is 22.6 Å². The first-order valence-electron chi connectivity index (χ1n) is 6.80. The molecule has 0 amide bonds. The highest BCUT2D eigenvalue weighted by Gasteiger charge is 2.19. The highest BCUT2D eigenvalue weighted by Crippen LogP contribution is 2.34. The second kappa shape index (κ2) is 5.29. The number of benzene rings is 1. The molecule has 2 heterocycles. The first kappa shape index (κ1) is 14.3. The highest BCUT2D eigenvalue weighted by atomic mass is 127. The molecule has 0 spiro atoms. The van der Waals surface area contributed by atoms with Crippen molar-refractivity contribution < 1.29 is 4.42 Å². The summed E-state index contributed by atoms with van der Waals surface area (Å²) in [5, 5.41) is 1.02. The van der Waals surface area contributed by atoms with Gasteiger partial charge < -0.3 is 10.2 Å². The molecule has 0 aliphatic heterocycles. The zero-order valence-corrected chi connectivity index (χ0v) is 14.3. The molecule has 0 aliphatic rings. The number of hydrogen-bond acceptors (Lipinski definition) is 4. The van der Waals surface area contributed by atoms with Crippen molar-refractivity contribution in [2.75, 3.05) is 5.73 Å². The molecule has 108 valence electrons. The Morgan fingerprint density at radius 2 is 1.90 bits per heavy atom. The zero-order valence-electron chi connectivity index (χ0n) is 12.1. The van der Waals surface area contributed by atoms with Gasteiger partial charge in [0.1, 0.15) is 17.2 Å². The van der Waals surface area contributed by atoms with E-state index >= 15 is 0 Å². The number of nitrogens with two attached hydrogens (primary N) is 1. The lowest BCUT2D eigenvalue weighted by Crippen LogP contribution is -2.06. The van der Waals surface area contributed by atoms with Crippen LogP contribution in [0.15, 0.2) is 28.7 Å². The molecule has 0 unspecified atom stereocenters. The molecule has 0 fully saturated rings. The zero-order chi connectivity index (χ0) is 15.1. The average molecular weight is 393 g/mol. The molecule has 0 atom stereocenters. The van der Waals surface area contributed by atoms with Crippen LogP contribution in [0, 0.1) is 10.5 Å². The topological polar surface area (TPSA) is 64.9 Å². The highest BCUT2D eigenvalue weighted by molar-refractivity contribution is 14.1. The maximum absolute atomic E-state index is 6.07. The van der Waals surface area contributed by atoms with E-state index in [0.717, 1.165) is 31.6 Å². The summed E-state index contributed by atoms with van der Waals surface area (Å²) in [5.74, 6) is 2.26. The Labute approximate surface area is 136 Å². The molecular formula is C16H16IN3O. The molecule has 2 aromatic heterocycles. The van der Waals surface area contributed by atoms with Gasteiger partial charge in [-0.2, -0.15) is 0 Å². The number of hydrogen-bond donors (Lipinski definition) is 1. The molecule has 0 saturated carbocycles. The molecule has 0 saturated heterocycles. The fourth-order valence-corrected chi connectivity index (χ4v) is 3.29. The molecule has 5 heteroatoms. The van der Waals surface area contributed by atoms with E-state index in [9.17, 15) is 0 Å². The summed E-state index contributed by atoms with van der Waals surface area (Å²) < 4.78 is 6.73. The summed E-state index contributed by atoms with van der Waals surface area (Å²) in [6.07, 6.45) is 0. The maximum Gasteiger partial charge on any atom is 0.166 e. The van der Waals surface area contributed by atoms with Gasteiger partial charge in [0, 0.05) is 5.39 Å². The van der Waals surface area contributed by atoms with Gasteiger partial charge in [0.25, 0.3) is 0 Å². The van der Waals surface area contributed by atoms with E-state index in [1.54, 1.807) is 0 Å². The van der Waals surface area contributed by atoms with E-state index in [4.69, 9.17) is 15.1 Å². The molecule has 2 N–H and O–H groups in total. The van der Waals surface area contributed by atoms with Crippen molar-refractivity contribution in [3.63, 3.8) is 0 Å². The second-order valence-corrected chi connectivity index (χ2v) is 6.39. The molecule has 21 heavy (non-hydrogen) atoms. The molecule has 0 aliphatic carbocycles. The minimum Gasteiger partial charge on any atom is -0.461 e. The van der Waals surface area contributed by atoms with Crippen molar-refractivity contribution in [1.29, 1.82) is 0 Å². The van der Waals surface area contributed by atoms with Gasteiger partial charge in [0.2, 0.25) is 0 Å². The summed E-state index contributed by atoms with van der Waals surface area (Å²) in [4.78, 5) is 9.20. The quantitative estimate of drug-likeness (QED) is 0.651. The first-order valence-corrected chi connectivity index (χ1v) is 7.88. The monoisotopic (exact) mass is 393 g/mol. The van der Waals surface area contributed by atoms with Crippen LogP contribution in [0.5, 0.6) is 0 Å². The van der Waals surface area contributed by atoms with Crippen LogP contribution in [0.1, 0.15) is 31.2 Å². The van der Waals surface area contributed by atoms with E-state index in [2.05, 4.69) is 41.4 Å². The van der Waals surface area contributed by atoms with Crippen molar-refractivity contribution in [2.45, 2.75) is 26.7 Å². The molecule has 0 bridgehead atoms. The van der Waals surface area contributed by atoms with Gasteiger partial charge >= 0.3 is 0 Å². The minimum atomic E-state index is 0.291. The number of nitrogen functional groups attached to an aromatic ring is 1. The third kappa shape index (κ3) is 2.39. The average Bonchev–Trinajstić information content (AvgIpc) is 2.77. The Kier molecular flexibility index (Phi) is 3.61. The van der Waals surface area contributed by atoms with E-state index in [1.807, 2.05) is 31.2 Å². The lowest BCUT2D eigenvalue weighted by molar-refractivity contribution is 0.579. The van der Waals surface area contributed by atoms with Crippen molar-refractivity contribution in [3.05, 3.63) is 39.3 Å². The summed E-state index contributed by atoms with van der Waals surface area (Å²) in [6.45, 7) is 6.14. The standard InChI is InChI=1S/C16H16IN3O/c1-8(2)14-13(17)15(18)20-16(19-14)12-9(3)21-11-7-5-4-6-10(11)12/h4-8H,1-3H3,(H2,18,19,20). The van der Waals surface area contributed by atoms with Gasteiger partial charge in [-0.25, -0.2) is 9.97 Å². The Balaban J connectivity index is 2.31. The largest absolute Gasteiger partial charge is 0.461 e. The van der Waals surface area contributed by atoms with Crippen LogP contribution in [0.25, 0.3) is 22.4 Å². The van der Waals surface area contributed by atoms with Crippen molar-refractivity contribution in [3.8, 4) is 11.4 Å². The summed E-state index contributed by atoms with van der Waals surface area (Å²) in [7, 11) is 0. The van der Waals surface area contributed by atoms with Gasteiger partial charge in [-0.15, -0.1) is 0 Å². The number of furan rings is 1. The number of nitrogens with zero attached hydrogens (tertiary/aromatic N) is 2. The number of anilines is 1. The number of halogens is 1. The minimum absolute atomic E-state index is 0.291. The molecule has 4 nitrogen and oxygen atoms in total. The summed E-state index contributed by atoms with van der Waals surface area (Å²) in [5.41, 5.74) is 8.82. The molecule has 1 aromatic carbocycles. The van der Waals surface area contributed by atoms with Gasteiger partial charge in [-0.3, -0.25) is 0 Å². The number of rotatable bonds is 2. The third-order valence-electron chi connectivity index (χ3n) is 3.44. The summed E-state index contributed by atoms with van der Waals surface area (Å²) in [6, 6.07) is 7.91. The third-order valence-corrected chi connectivity index (χ3v) is 4.55. The second-order valence-electron chi connectivity index (χ2n) is 5.32. The normalized spacial score (nSPS) is 11.5. The van der Waals surface area contributed by atoms with E-state index in [1.165, 1.54) is 0 Å². The van der Waals surface area contributed by atoms with E-state index in [-0.39, 0.29) is 0 Å². The van der Waals surface area contributed by atoms with Crippen molar-refractivity contribution in [2.24, 2.45) is 0 Å². The maximum atomic E-state index is 6.07. The molecular weight excluding hydrogens is 377 g/mol. The number of para-hydroxylation sites is 1. The predicted molar refractivity (Wildman–Crippen MR) is 93.2 cm³/mol. The molecule has 0 radical (unpaired) electrons. The number of fused-ring (bicyclic) bond motifs is 1. The lowest BCUT2D eigenvalue weighted by Gasteiger charge is -2.11. The molecule has 3 rings (SSSR count). The van der Waals surface area contributed by atoms with Gasteiger partial charge in [0.05, 0.1) is 14.8 Å². The van der Waals surface area contributed by atoms with E-state index in [0.29, 0.717) is 17.6 Å². The van der Waals surface area contributed by atoms with Crippen molar-refractivity contribution in [1.82, 2.24) is 9.97 Å². The van der Waals surface area contributed by atoms with Crippen LogP contribution in [0.2, 0.25) is 0 Å². The number of aromatic nitrogens is 2. The molecule has 3 aromatic rings. The van der Waals surface area contributed by atoms with Gasteiger partial charge in [-0.1, -0.05) is 32.0 Å². The Morgan fingerprint density at radius 3 is 2.62 bits per heavy atom. The van der Waals surface area contributed by atoms with Gasteiger partial charge in [-0.05, 0) is 41.5 Å². The van der Waals surface area contributed by atoms with Crippen molar-refractivity contribution >= 4 is 39.4 Å². The predicted octanol–water partition coefficient (Wildman–Crippen LogP) is 4.51. The smallest absolute Gasteiger partial charge is 0.166 e. The van der Waals surface area contributed by atoms with Crippen LogP contribution in [-0.2, 0) is 0 Å². The summed E-state index contributed by atoms with van der Waals surface area (Å²) >= 11 is 2.21. The van der Waals surface area contributed by atoms with Crippen LogP contribution in [-0.4, -0.2) is 9.97 Å². The van der Waals surface area contributed by atoms with Crippen LogP contribution in [0.4, 0.5) is 5.82 Å². The Hall–Kier alpha value is -1.63. The fourth-order valence-electron chi connectivity index (χ4n) is 2.42. The SMILES string of the molecule is Cc1oc2ccccc2c1-c1nc(N)c(I)c(C(C)C)n1. The van der Waals surface area contributed by atoms with Gasteiger partial charge in [0.15, 0.2) is 5.82 Å². The Morgan fingerprint density at radius 1 is 1.19 bits per heavy atom. The van der Waals surface area contributed by atoms with E-state index < -0.39 is 0 Å². The van der Waals surface area contributed by atoms with Crippen LogP contribution in [0.3, 0.4) is 0 Å². The Bertz CT molecular complexity index is 824. The first-order chi connectivity index (χ1) is 9.99.